The van der Waals surface area contributed by atoms with Crippen LogP contribution >= 0.6 is 0 Å². The van der Waals surface area contributed by atoms with Crippen LogP contribution in [0.25, 0.3) is 28.2 Å². The number of nitrogens with one attached hydrogen (secondary N) is 1. The van der Waals surface area contributed by atoms with E-state index < -0.39 is 0 Å². The zero-order valence-corrected chi connectivity index (χ0v) is 17.7. The highest BCUT2D eigenvalue weighted by atomic mass is 16.5. The summed E-state index contributed by atoms with van der Waals surface area (Å²) in [5, 5.41) is 7.59. The number of aromatic nitrogens is 3. The SMILES string of the molecule is COc1cc(-c2ccc3ncc(-c4cccc(NC(C)=O)c4)n3n2)cc(OC)c1OC. The molecule has 31 heavy (non-hydrogen) atoms. The van der Waals surface area contributed by atoms with E-state index in [-0.39, 0.29) is 5.91 Å². The number of imidazole rings is 1. The molecule has 0 radical (unpaired) electrons. The molecular weight excluding hydrogens is 396 g/mol. The first-order chi connectivity index (χ1) is 15.0. The molecule has 2 heterocycles. The molecule has 4 aromatic rings. The van der Waals surface area contributed by atoms with Gasteiger partial charge in [-0.3, -0.25) is 4.79 Å². The zero-order valence-electron chi connectivity index (χ0n) is 17.7. The van der Waals surface area contributed by atoms with Crippen LogP contribution in [-0.2, 0) is 4.79 Å². The van der Waals surface area contributed by atoms with E-state index in [1.54, 1.807) is 32.0 Å². The summed E-state index contributed by atoms with van der Waals surface area (Å²) in [5.41, 5.74) is 4.62. The van der Waals surface area contributed by atoms with Gasteiger partial charge in [0, 0.05) is 23.7 Å². The van der Waals surface area contributed by atoms with Crippen molar-refractivity contribution in [2.75, 3.05) is 26.6 Å². The lowest BCUT2D eigenvalue weighted by molar-refractivity contribution is -0.114. The molecule has 1 amide bonds. The molecule has 0 aliphatic carbocycles. The summed E-state index contributed by atoms with van der Waals surface area (Å²) in [5.74, 6) is 1.49. The average Bonchev–Trinajstić information content (AvgIpc) is 3.21. The molecule has 0 saturated heterocycles. The maximum absolute atomic E-state index is 11.4. The minimum absolute atomic E-state index is 0.127. The molecule has 158 valence electrons. The van der Waals surface area contributed by atoms with Gasteiger partial charge in [-0.1, -0.05) is 12.1 Å². The van der Waals surface area contributed by atoms with Crippen LogP contribution in [0.5, 0.6) is 17.2 Å². The highest BCUT2D eigenvalue weighted by molar-refractivity contribution is 5.89. The van der Waals surface area contributed by atoms with Gasteiger partial charge in [0.15, 0.2) is 17.1 Å². The van der Waals surface area contributed by atoms with Crippen LogP contribution < -0.4 is 19.5 Å². The summed E-state index contributed by atoms with van der Waals surface area (Å²) in [6.45, 7) is 1.48. The molecule has 0 saturated carbocycles. The van der Waals surface area contributed by atoms with Gasteiger partial charge in [0.25, 0.3) is 0 Å². The lowest BCUT2D eigenvalue weighted by Crippen LogP contribution is -2.05. The van der Waals surface area contributed by atoms with Crippen molar-refractivity contribution in [3.63, 3.8) is 0 Å². The van der Waals surface area contributed by atoms with Crippen LogP contribution in [0.3, 0.4) is 0 Å². The number of nitrogens with zero attached hydrogens (tertiary/aromatic N) is 3. The second-order valence-corrected chi connectivity index (χ2v) is 6.81. The largest absolute Gasteiger partial charge is 0.493 e. The maximum Gasteiger partial charge on any atom is 0.221 e. The number of rotatable bonds is 6. The van der Waals surface area contributed by atoms with Crippen LogP contribution in [0.1, 0.15) is 6.92 Å². The first-order valence-corrected chi connectivity index (χ1v) is 9.57. The summed E-state index contributed by atoms with van der Waals surface area (Å²) >= 11 is 0. The van der Waals surface area contributed by atoms with Crippen molar-refractivity contribution in [1.82, 2.24) is 14.6 Å². The number of ether oxygens (including phenoxy) is 3. The van der Waals surface area contributed by atoms with Crippen molar-refractivity contribution in [2.45, 2.75) is 6.92 Å². The van der Waals surface area contributed by atoms with E-state index in [1.165, 1.54) is 6.92 Å². The van der Waals surface area contributed by atoms with Crippen LogP contribution in [0.15, 0.2) is 54.7 Å². The van der Waals surface area contributed by atoms with E-state index in [4.69, 9.17) is 19.3 Å². The second kappa shape index (κ2) is 8.35. The number of carbonyl (C=O) groups is 1. The summed E-state index contributed by atoms with van der Waals surface area (Å²) in [7, 11) is 4.72. The normalized spacial score (nSPS) is 10.7. The van der Waals surface area contributed by atoms with Gasteiger partial charge in [-0.15, -0.1) is 0 Å². The Kier molecular flexibility index (Phi) is 5.44. The minimum atomic E-state index is -0.127. The minimum Gasteiger partial charge on any atom is -0.493 e. The molecule has 8 nitrogen and oxygen atoms in total. The standard InChI is InChI=1S/C23H22N4O4/c1-14(28)25-17-7-5-6-15(10-17)19-13-24-22-9-8-18(26-27(19)22)16-11-20(29-2)23(31-4)21(12-16)30-3/h5-13H,1-4H3,(H,25,28). The lowest BCUT2D eigenvalue weighted by atomic mass is 10.1. The summed E-state index contributed by atoms with van der Waals surface area (Å²) in [6.07, 6.45) is 1.76. The van der Waals surface area contributed by atoms with E-state index in [0.717, 1.165) is 16.8 Å². The molecule has 0 fully saturated rings. The smallest absolute Gasteiger partial charge is 0.221 e. The number of benzene rings is 2. The van der Waals surface area contributed by atoms with Gasteiger partial charge in [0.05, 0.1) is 38.9 Å². The van der Waals surface area contributed by atoms with Gasteiger partial charge in [-0.25, -0.2) is 9.50 Å². The van der Waals surface area contributed by atoms with Crippen molar-refractivity contribution >= 4 is 17.2 Å². The van der Waals surface area contributed by atoms with E-state index in [1.807, 2.05) is 48.5 Å². The third-order valence-corrected chi connectivity index (χ3v) is 4.80. The molecule has 0 aliphatic rings. The fourth-order valence-corrected chi connectivity index (χ4v) is 3.41. The predicted octanol–water partition coefficient (Wildman–Crippen LogP) is 4.05. The fourth-order valence-electron chi connectivity index (χ4n) is 3.41. The monoisotopic (exact) mass is 418 g/mol. The number of carbonyl (C=O) groups excluding carboxylic acids is 1. The van der Waals surface area contributed by atoms with Gasteiger partial charge in [0.2, 0.25) is 11.7 Å². The van der Waals surface area contributed by atoms with Crippen LogP contribution in [-0.4, -0.2) is 41.8 Å². The number of anilines is 1. The Morgan fingerprint density at radius 2 is 1.68 bits per heavy atom. The molecule has 2 aromatic heterocycles. The Balaban J connectivity index is 1.82. The lowest BCUT2D eigenvalue weighted by Gasteiger charge is -2.14. The van der Waals surface area contributed by atoms with Gasteiger partial charge < -0.3 is 19.5 Å². The van der Waals surface area contributed by atoms with Crippen molar-refractivity contribution in [2.24, 2.45) is 0 Å². The molecule has 2 aromatic carbocycles. The van der Waals surface area contributed by atoms with Crippen molar-refractivity contribution < 1.29 is 19.0 Å². The molecule has 8 heteroatoms. The zero-order chi connectivity index (χ0) is 22.0. The quantitative estimate of drug-likeness (QED) is 0.508. The third kappa shape index (κ3) is 3.87. The van der Waals surface area contributed by atoms with E-state index >= 15 is 0 Å². The Morgan fingerprint density at radius 1 is 0.935 bits per heavy atom. The fraction of sp³-hybridized carbons (Fsp3) is 0.174. The van der Waals surface area contributed by atoms with Crippen molar-refractivity contribution in [3.8, 4) is 39.8 Å². The summed E-state index contributed by atoms with van der Waals surface area (Å²) < 4.78 is 18.1. The molecule has 1 N–H and O–H groups in total. The highest BCUT2D eigenvalue weighted by Crippen LogP contribution is 2.40. The predicted molar refractivity (Wildman–Crippen MR) is 118 cm³/mol. The van der Waals surface area contributed by atoms with E-state index in [2.05, 4.69) is 10.3 Å². The molecule has 0 unspecified atom stereocenters. The number of amides is 1. The summed E-state index contributed by atoms with van der Waals surface area (Å²) in [4.78, 5) is 15.9. The maximum atomic E-state index is 11.4. The number of hydrogen-bond acceptors (Lipinski definition) is 6. The molecule has 0 aliphatic heterocycles. The van der Waals surface area contributed by atoms with Crippen molar-refractivity contribution in [3.05, 3.63) is 54.7 Å². The average molecular weight is 418 g/mol. The molecule has 4 rings (SSSR count). The Bertz CT molecular complexity index is 1240. The first-order valence-electron chi connectivity index (χ1n) is 9.57. The molecule has 0 atom stereocenters. The first kappa shape index (κ1) is 20.2. The van der Waals surface area contributed by atoms with E-state index in [9.17, 15) is 4.79 Å². The Morgan fingerprint density at radius 3 is 2.32 bits per heavy atom. The van der Waals surface area contributed by atoms with Crippen LogP contribution in [0.4, 0.5) is 5.69 Å². The van der Waals surface area contributed by atoms with Gasteiger partial charge in [0.1, 0.15) is 0 Å². The van der Waals surface area contributed by atoms with E-state index in [0.29, 0.717) is 34.3 Å². The Hall–Kier alpha value is -4.07. The van der Waals surface area contributed by atoms with Gasteiger partial charge in [-0.05, 0) is 36.4 Å². The number of hydrogen-bond donors (Lipinski definition) is 1. The van der Waals surface area contributed by atoms with Crippen LogP contribution in [0.2, 0.25) is 0 Å². The topological polar surface area (TPSA) is 87.0 Å². The Labute approximate surface area is 179 Å². The highest BCUT2D eigenvalue weighted by Gasteiger charge is 2.16. The number of fused-ring (bicyclic) bond motifs is 1. The molecule has 0 spiro atoms. The van der Waals surface area contributed by atoms with Crippen LogP contribution in [0, 0.1) is 0 Å². The molecule has 0 bridgehead atoms. The molecular formula is C23H22N4O4. The number of methoxy groups -OCH3 is 3. The summed E-state index contributed by atoms with van der Waals surface area (Å²) in [6, 6.07) is 15.0. The van der Waals surface area contributed by atoms with Gasteiger partial charge >= 0.3 is 0 Å². The van der Waals surface area contributed by atoms with Gasteiger partial charge in [-0.2, -0.15) is 5.10 Å². The second-order valence-electron chi connectivity index (χ2n) is 6.81. The van der Waals surface area contributed by atoms with Crippen molar-refractivity contribution in [1.29, 1.82) is 0 Å². The third-order valence-electron chi connectivity index (χ3n) is 4.80.